The van der Waals surface area contributed by atoms with Crippen LogP contribution in [-0.4, -0.2) is 57.4 Å². The smallest absolute Gasteiger partial charge is 0.246 e. The summed E-state index contributed by atoms with van der Waals surface area (Å²) in [6.07, 6.45) is 4.07. The van der Waals surface area contributed by atoms with E-state index in [0.29, 0.717) is 19.8 Å². The quantitative estimate of drug-likeness (QED) is 0.694. The second-order valence-electron chi connectivity index (χ2n) is 5.12. The number of carbonyl (C=O) groups excluding carboxylic acids is 1. The molecule has 1 unspecified atom stereocenters. The molecule has 118 valence electrons. The third kappa shape index (κ3) is 5.15. The molecule has 1 aromatic rings. The molecular formula is C15H24N2O4. The first-order valence-corrected chi connectivity index (χ1v) is 7.42. The highest BCUT2D eigenvalue weighted by atomic mass is 16.5. The SMILES string of the molecule is COCCOCC(=O)NCC(c1ccco1)N1CCCC1. The fraction of sp³-hybridized carbons (Fsp3) is 0.667. The molecule has 1 aliphatic heterocycles. The van der Waals surface area contributed by atoms with E-state index in [1.54, 1.807) is 13.4 Å². The first-order chi connectivity index (χ1) is 10.3. The van der Waals surface area contributed by atoms with Gasteiger partial charge in [-0.25, -0.2) is 0 Å². The van der Waals surface area contributed by atoms with Gasteiger partial charge in [-0.1, -0.05) is 0 Å². The summed E-state index contributed by atoms with van der Waals surface area (Å²) in [6.45, 7) is 3.62. The fourth-order valence-electron chi connectivity index (χ4n) is 2.51. The molecule has 0 bridgehead atoms. The van der Waals surface area contributed by atoms with E-state index in [1.165, 1.54) is 12.8 Å². The van der Waals surface area contributed by atoms with Gasteiger partial charge in [-0.3, -0.25) is 9.69 Å². The van der Waals surface area contributed by atoms with E-state index in [1.807, 2.05) is 12.1 Å². The second-order valence-corrected chi connectivity index (χ2v) is 5.12. The van der Waals surface area contributed by atoms with Crippen molar-refractivity contribution in [2.24, 2.45) is 0 Å². The highest BCUT2D eigenvalue weighted by Crippen LogP contribution is 2.24. The summed E-state index contributed by atoms with van der Waals surface area (Å²) in [5.74, 6) is 0.791. The van der Waals surface area contributed by atoms with Crippen molar-refractivity contribution >= 4 is 5.91 Å². The van der Waals surface area contributed by atoms with Crippen LogP contribution in [0, 0.1) is 0 Å². The van der Waals surface area contributed by atoms with Crippen molar-refractivity contribution < 1.29 is 18.7 Å². The summed E-state index contributed by atoms with van der Waals surface area (Å²) >= 11 is 0. The predicted octanol–water partition coefficient (Wildman–Crippen LogP) is 1.20. The van der Waals surface area contributed by atoms with E-state index in [9.17, 15) is 4.79 Å². The lowest BCUT2D eigenvalue weighted by atomic mass is 10.2. The first kappa shape index (κ1) is 16.0. The van der Waals surface area contributed by atoms with Crippen molar-refractivity contribution in [1.29, 1.82) is 0 Å². The number of ether oxygens (including phenoxy) is 2. The normalized spacial score (nSPS) is 17.0. The van der Waals surface area contributed by atoms with E-state index in [-0.39, 0.29) is 18.6 Å². The molecule has 1 atom stereocenters. The molecule has 6 nitrogen and oxygen atoms in total. The number of furan rings is 1. The average Bonchev–Trinajstić information content (AvgIpc) is 3.17. The van der Waals surface area contributed by atoms with Gasteiger partial charge in [0.2, 0.25) is 5.91 Å². The standard InChI is InChI=1S/C15H24N2O4/c1-19-9-10-20-12-15(18)16-11-13(14-5-4-8-21-14)17-6-2-3-7-17/h4-5,8,13H,2-3,6-7,9-12H2,1H3,(H,16,18). The fourth-order valence-corrected chi connectivity index (χ4v) is 2.51. The van der Waals surface area contributed by atoms with Crippen LogP contribution in [0.15, 0.2) is 22.8 Å². The minimum atomic E-state index is -0.109. The molecule has 1 aromatic heterocycles. The molecule has 6 heteroatoms. The molecule has 1 amide bonds. The number of amides is 1. The van der Waals surface area contributed by atoms with Crippen LogP contribution in [0.25, 0.3) is 0 Å². The Morgan fingerprint density at radius 1 is 1.43 bits per heavy atom. The van der Waals surface area contributed by atoms with Crippen LogP contribution in [0.4, 0.5) is 0 Å². The van der Waals surface area contributed by atoms with Crippen molar-refractivity contribution in [3.63, 3.8) is 0 Å². The molecule has 2 rings (SSSR count). The number of carbonyl (C=O) groups is 1. The highest BCUT2D eigenvalue weighted by molar-refractivity contribution is 5.77. The molecule has 0 spiro atoms. The minimum Gasteiger partial charge on any atom is -0.468 e. The van der Waals surface area contributed by atoms with Crippen molar-refractivity contribution in [2.75, 3.05) is 46.6 Å². The largest absolute Gasteiger partial charge is 0.468 e. The zero-order valence-corrected chi connectivity index (χ0v) is 12.5. The van der Waals surface area contributed by atoms with Crippen molar-refractivity contribution in [3.05, 3.63) is 24.2 Å². The third-order valence-electron chi connectivity index (χ3n) is 3.61. The molecule has 0 aromatic carbocycles. The van der Waals surface area contributed by atoms with Crippen molar-refractivity contribution in [2.45, 2.75) is 18.9 Å². The Kier molecular flexibility index (Phi) is 6.72. The molecular weight excluding hydrogens is 272 g/mol. The Labute approximate surface area is 125 Å². The van der Waals surface area contributed by atoms with E-state index >= 15 is 0 Å². The van der Waals surface area contributed by atoms with Crippen LogP contribution in [0.3, 0.4) is 0 Å². The maximum atomic E-state index is 11.8. The number of hydrogen-bond acceptors (Lipinski definition) is 5. The summed E-state index contributed by atoms with van der Waals surface area (Å²) in [4.78, 5) is 14.1. The lowest BCUT2D eigenvalue weighted by Crippen LogP contribution is -2.38. The third-order valence-corrected chi connectivity index (χ3v) is 3.61. The van der Waals surface area contributed by atoms with Gasteiger partial charge >= 0.3 is 0 Å². The number of rotatable bonds is 9. The molecule has 0 aliphatic carbocycles. The maximum Gasteiger partial charge on any atom is 0.246 e. The Morgan fingerprint density at radius 3 is 2.90 bits per heavy atom. The van der Waals surface area contributed by atoms with Gasteiger partial charge in [0.05, 0.1) is 25.5 Å². The van der Waals surface area contributed by atoms with E-state index in [4.69, 9.17) is 13.9 Å². The van der Waals surface area contributed by atoms with Crippen LogP contribution < -0.4 is 5.32 Å². The van der Waals surface area contributed by atoms with E-state index in [0.717, 1.165) is 18.8 Å². The molecule has 21 heavy (non-hydrogen) atoms. The second kappa shape index (κ2) is 8.81. The van der Waals surface area contributed by atoms with Gasteiger partial charge in [-0.15, -0.1) is 0 Å². The average molecular weight is 296 g/mol. The van der Waals surface area contributed by atoms with Gasteiger partial charge in [0.25, 0.3) is 0 Å². The summed E-state index contributed by atoms with van der Waals surface area (Å²) in [7, 11) is 1.60. The Bertz CT molecular complexity index is 402. The molecule has 1 N–H and O–H groups in total. The van der Waals surface area contributed by atoms with Gasteiger partial charge in [-0.05, 0) is 38.1 Å². The summed E-state index contributed by atoms with van der Waals surface area (Å²) in [5.41, 5.74) is 0. The summed E-state index contributed by atoms with van der Waals surface area (Å²) < 4.78 is 15.6. The predicted molar refractivity (Wildman–Crippen MR) is 78.0 cm³/mol. The number of nitrogens with zero attached hydrogens (tertiary/aromatic N) is 1. The molecule has 2 heterocycles. The zero-order chi connectivity index (χ0) is 14.9. The summed E-state index contributed by atoms with van der Waals surface area (Å²) in [5, 5.41) is 2.92. The Balaban J connectivity index is 1.78. The lowest BCUT2D eigenvalue weighted by molar-refractivity contribution is -0.126. The topological polar surface area (TPSA) is 63.9 Å². The van der Waals surface area contributed by atoms with Crippen LogP contribution in [0.2, 0.25) is 0 Å². The van der Waals surface area contributed by atoms with Crippen molar-refractivity contribution in [3.8, 4) is 0 Å². The lowest BCUT2D eigenvalue weighted by Gasteiger charge is -2.25. The maximum absolute atomic E-state index is 11.8. The molecule has 1 saturated heterocycles. The van der Waals surface area contributed by atoms with Crippen LogP contribution >= 0.6 is 0 Å². The zero-order valence-electron chi connectivity index (χ0n) is 12.5. The van der Waals surface area contributed by atoms with Gasteiger partial charge in [0, 0.05) is 13.7 Å². The number of likely N-dealkylation sites (tertiary alicyclic amines) is 1. The minimum absolute atomic E-state index is 0.0637. The van der Waals surface area contributed by atoms with E-state index in [2.05, 4.69) is 10.2 Å². The molecule has 1 aliphatic rings. The van der Waals surface area contributed by atoms with Gasteiger partial charge in [0.1, 0.15) is 12.4 Å². The first-order valence-electron chi connectivity index (χ1n) is 7.42. The van der Waals surface area contributed by atoms with Gasteiger partial charge in [0.15, 0.2) is 0 Å². The Morgan fingerprint density at radius 2 is 2.24 bits per heavy atom. The molecule has 0 saturated carbocycles. The highest BCUT2D eigenvalue weighted by Gasteiger charge is 2.25. The number of nitrogens with one attached hydrogen (secondary N) is 1. The molecule has 0 radical (unpaired) electrons. The number of hydrogen-bond donors (Lipinski definition) is 1. The van der Waals surface area contributed by atoms with E-state index < -0.39 is 0 Å². The van der Waals surface area contributed by atoms with Crippen LogP contribution in [-0.2, 0) is 14.3 Å². The van der Waals surface area contributed by atoms with Gasteiger partial charge in [-0.2, -0.15) is 0 Å². The Hall–Kier alpha value is -1.37. The molecule has 1 fully saturated rings. The van der Waals surface area contributed by atoms with Gasteiger partial charge < -0.3 is 19.2 Å². The van der Waals surface area contributed by atoms with Crippen LogP contribution in [0.1, 0.15) is 24.6 Å². The monoisotopic (exact) mass is 296 g/mol. The van der Waals surface area contributed by atoms with Crippen molar-refractivity contribution in [1.82, 2.24) is 10.2 Å². The number of methoxy groups -OCH3 is 1. The van der Waals surface area contributed by atoms with Crippen LogP contribution in [0.5, 0.6) is 0 Å². The summed E-state index contributed by atoms with van der Waals surface area (Å²) in [6, 6.07) is 3.95.